The SMILES string of the molecule is COCCn1c(=O)[nH]c2cc(C(=O)NCCCN3CCCC3=O)ccc2c1=O. The first-order chi connectivity index (χ1) is 13.5. The summed E-state index contributed by atoms with van der Waals surface area (Å²) in [7, 11) is 1.49. The Morgan fingerprint density at radius 2 is 2.07 bits per heavy atom. The van der Waals surface area contributed by atoms with Crippen LogP contribution in [0.2, 0.25) is 0 Å². The third-order valence-corrected chi connectivity index (χ3v) is 4.82. The van der Waals surface area contributed by atoms with E-state index in [2.05, 4.69) is 10.3 Å². The van der Waals surface area contributed by atoms with Crippen LogP contribution in [0.1, 0.15) is 29.6 Å². The van der Waals surface area contributed by atoms with Crippen LogP contribution in [0, 0.1) is 0 Å². The monoisotopic (exact) mass is 388 g/mol. The standard InChI is InChI=1S/C19H24N4O5/c1-28-11-10-23-18(26)14-6-5-13(12-15(14)21-19(23)27)17(25)20-7-3-9-22-8-2-4-16(22)24/h5-6,12H,2-4,7-11H2,1H3,(H,20,25)(H,21,27). The second-order valence-corrected chi connectivity index (χ2v) is 6.73. The van der Waals surface area contributed by atoms with Crippen LogP contribution in [0.3, 0.4) is 0 Å². The van der Waals surface area contributed by atoms with E-state index in [1.54, 1.807) is 6.07 Å². The van der Waals surface area contributed by atoms with E-state index in [-0.39, 0.29) is 25.0 Å². The van der Waals surface area contributed by atoms with Crippen LogP contribution in [-0.2, 0) is 16.1 Å². The Bertz CT molecular complexity index is 994. The number of nitrogens with zero attached hydrogens (tertiary/aromatic N) is 2. The lowest BCUT2D eigenvalue weighted by Crippen LogP contribution is -2.36. The number of aromatic nitrogens is 2. The molecule has 150 valence electrons. The molecule has 0 atom stereocenters. The normalized spacial score (nSPS) is 14.0. The van der Waals surface area contributed by atoms with Gasteiger partial charge >= 0.3 is 5.69 Å². The molecule has 1 aliphatic rings. The lowest BCUT2D eigenvalue weighted by molar-refractivity contribution is -0.127. The Kier molecular flexibility index (Phi) is 6.25. The molecule has 0 spiro atoms. The van der Waals surface area contributed by atoms with Crippen LogP contribution < -0.4 is 16.6 Å². The summed E-state index contributed by atoms with van der Waals surface area (Å²) in [6.45, 7) is 2.26. The number of amides is 2. The summed E-state index contributed by atoms with van der Waals surface area (Å²) in [5.41, 5.74) is -0.283. The van der Waals surface area contributed by atoms with E-state index in [0.717, 1.165) is 17.5 Å². The highest BCUT2D eigenvalue weighted by molar-refractivity contribution is 5.97. The van der Waals surface area contributed by atoms with E-state index < -0.39 is 11.2 Å². The van der Waals surface area contributed by atoms with Crippen molar-refractivity contribution in [3.05, 3.63) is 44.6 Å². The molecule has 9 heteroatoms. The second kappa shape index (κ2) is 8.83. The zero-order valence-electron chi connectivity index (χ0n) is 15.8. The van der Waals surface area contributed by atoms with Gasteiger partial charge in [0.05, 0.1) is 24.1 Å². The van der Waals surface area contributed by atoms with Gasteiger partial charge in [-0.3, -0.25) is 19.0 Å². The average Bonchev–Trinajstić information content (AvgIpc) is 3.09. The van der Waals surface area contributed by atoms with Gasteiger partial charge in [-0.05, 0) is 31.0 Å². The zero-order chi connectivity index (χ0) is 20.1. The molecule has 1 aromatic heterocycles. The quantitative estimate of drug-likeness (QED) is 0.622. The molecule has 0 saturated carbocycles. The predicted octanol–water partition coefficient (Wildman–Crippen LogP) is 0.0785. The maximum atomic E-state index is 12.5. The van der Waals surface area contributed by atoms with E-state index in [0.29, 0.717) is 42.4 Å². The number of fused-ring (bicyclic) bond motifs is 1. The molecule has 0 radical (unpaired) electrons. The van der Waals surface area contributed by atoms with Crippen LogP contribution in [0.25, 0.3) is 10.9 Å². The third-order valence-electron chi connectivity index (χ3n) is 4.82. The number of likely N-dealkylation sites (tertiary alicyclic amines) is 1. The second-order valence-electron chi connectivity index (χ2n) is 6.73. The van der Waals surface area contributed by atoms with Crippen LogP contribution in [0.5, 0.6) is 0 Å². The number of carbonyl (C=O) groups is 2. The minimum absolute atomic E-state index is 0.155. The highest BCUT2D eigenvalue weighted by Crippen LogP contribution is 2.10. The fraction of sp³-hybridized carbons (Fsp3) is 0.474. The molecule has 2 heterocycles. The van der Waals surface area contributed by atoms with E-state index >= 15 is 0 Å². The van der Waals surface area contributed by atoms with Crippen molar-refractivity contribution in [2.24, 2.45) is 0 Å². The summed E-state index contributed by atoms with van der Waals surface area (Å²) in [6.07, 6.45) is 2.18. The van der Waals surface area contributed by atoms with Crippen molar-refractivity contribution >= 4 is 22.7 Å². The Hall–Kier alpha value is -2.94. The van der Waals surface area contributed by atoms with Gasteiger partial charge in [0.1, 0.15) is 0 Å². The fourth-order valence-electron chi connectivity index (χ4n) is 3.30. The molecular weight excluding hydrogens is 364 g/mol. The van der Waals surface area contributed by atoms with Gasteiger partial charge in [0.25, 0.3) is 11.5 Å². The number of methoxy groups -OCH3 is 1. The Balaban J connectivity index is 1.66. The summed E-state index contributed by atoms with van der Waals surface area (Å²) >= 11 is 0. The molecule has 28 heavy (non-hydrogen) atoms. The number of rotatable bonds is 8. The zero-order valence-corrected chi connectivity index (χ0v) is 15.8. The molecule has 1 aromatic carbocycles. The Labute approximate surface area is 161 Å². The summed E-state index contributed by atoms with van der Waals surface area (Å²) in [4.78, 5) is 52.9. The first-order valence-corrected chi connectivity index (χ1v) is 9.33. The molecule has 1 fully saturated rings. The van der Waals surface area contributed by atoms with E-state index in [1.807, 2.05) is 4.90 Å². The molecule has 9 nitrogen and oxygen atoms in total. The van der Waals surface area contributed by atoms with Crippen molar-refractivity contribution in [1.82, 2.24) is 19.8 Å². The van der Waals surface area contributed by atoms with Gasteiger partial charge in [0, 0.05) is 38.7 Å². The van der Waals surface area contributed by atoms with Crippen LogP contribution in [0.4, 0.5) is 0 Å². The summed E-state index contributed by atoms with van der Waals surface area (Å²) < 4.78 is 5.99. The number of H-pyrrole nitrogens is 1. The summed E-state index contributed by atoms with van der Waals surface area (Å²) in [5, 5.41) is 3.14. The molecule has 2 amide bonds. The largest absolute Gasteiger partial charge is 0.383 e. The Morgan fingerprint density at radius 3 is 2.79 bits per heavy atom. The molecule has 0 bridgehead atoms. The fourth-order valence-corrected chi connectivity index (χ4v) is 3.30. The highest BCUT2D eigenvalue weighted by atomic mass is 16.5. The van der Waals surface area contributed by atoms with E-state index in [1.165, 1.54) is 19.2 Å². The molecule has 3 rings (SSSR count). The summed E-state index contributed by atoms with van der Waals surface area (Å²) in [5.74, 6) is -0.125. The van der Waals surface area contributed by atoms with Crippen LogP contribution in [0.15, 0.2) is 27.8 Å². The van der Waals surface area contributed by atoms with Crippen LogP contribution >= 0.6 is 0 Å². The van der Waals surface area contributed by atoms with Crippen molar-refractivity contribution in [3.63, 3.8) is 0 Å². The molecule has 2 N–H and O–H groups in total. The first-order valence-electron chi connectivity index (χ1n) is 9.33. The van der Waals surface area contributed by atoms with Crippen LogP contribution in [-0.4, -0.2) is 59.6 Å². The number of benzene rings is 1. The molecule has 2 aromatic rings. The topological polar surface area (TPSA) is 114 Å². The minimum atomic E-state index is -0.539. The highest BCUT2D eigenvalue weighted by Gasteiger charge is 2.19. The van der Waals surface area contributed by atoms with Gasteiger partial charge in [0.15, 0.2) is 0 Å². The lowest BCUT2D eigenvalue weighted by atomic mass is 10.1. The van der Waals surface area contributed by atoms with Gasteiger partial charge in [-0.1, -0.05) is 0 Å². The number of nitrogens with one attached hydrogen (secondary N) is 2. The van der Waals surface area contributed by atoms with Crippen molar-refractivity contribution in [2.45, 2.75) is 25.8 Å². The van der Waals surface area contributed by atoms with Gasteiger partial charge in [-0.25, -0.2) is 4.79 Å². The Morgan fingerprint density at radius 1 is 1.25 bits per heavy atom. The predicted molar refractivity (Wildman–Crippen MR) is 103 cm³/mol. The smallest absolute Gasteiger partial charge is 0.328 e. The van der Waals surface area contributed by atoms with Crippen molar-refractivity contribution in [2.75, 3.05) is 33.4 Å². The van der Waals surface area contributed by atoms with Gasteiger partial charge in [-0.2, -0.15) is 0 Å². The third kappa shape index (κ3) is 4.30. The minimum Gasteiger partial charge on any atom is -0.383 e. The number of ether oxygens (including phenoxy) is 1. The molecule has 0 aliphatic carbocycles. The maximum Gasteiger partial charge on any atom is 0.328 e. The summed E-state index contributed by atoms with van der Waals surface area (Å²) in [6, 6.07) is 4.59. The van der Waals surface area contributed by atoms with Gasteiger partial charge in [-0.15, -0.1) is 0 Å². The maximum absolute atomic E-state index is 12.5. The van der Waals surface area contributed by atoms with Crippen molar-refractivity contribution < 1.29 is 14.3 Å². The van der Waals surface area contributed by atoms with Crippen molar-refractivity contribution in [1.29, 1.82) is 0 Å². The van der Waals surface area contributed by atoms with Gasteiger partial charge < -0.3 is 19.9 Å². The number of carbonyl (C=O) groups excluding carboxylic acids is 2. The van der Waals surface area contributed by atoms with Crippen molar-refractivity contribution in [3.8, 4) is 0 Å². The molecule has 1 aliphatic heterocycles. The molecule has 1 saturated heterocycles. The average molecular weight is 388 g/mol. The van der Waals surface area contributed by atoms with Gasteiger partial charge in [0.2, 0.25) is 5.91 Å². The van der Waals surface area contributed by atoms with E-state index in [4.69, 9.17) is 4.74 Å². The van der Waals surface area contributed by atoms with E-state index in [9.17, 15) is 19.2 Å². The molecular formula is C19H24N4O5. The number of hydrogen-bond donors (Lipinski definition) is 2. The molecule has 0 unspecified atom stereocenters. The number of hydrogen-bond acceptors (Lipinski definition) is 5. The lowest BCUT2D eigenvalue weighted by Gasteiger charge is -2.15. The number of aromatic amines is 1. The first kappa shape index (κ1) is 19.8.